The van der Waals surface area contributed by atoms with Crippen molar-refractivity contribution >= 4 is 11.7 Å². The van der Waals surface area contributed by atoms with Crippen LogP contribution in [0.2, 0.25) is 0 Å². The first-order chi connectivity index (χ1) is 8.97. The number of rotatable bonds is 3. The average Bonchev–Trinajstić information content (AvgIpc) is 2.34. The number of carbonyl (C=O) groups excluding carboxylic acids is 1. The molecule has 0 spiro atoms. The first-order valence-corrected chi connectivity index (χ1v) is 5.69. The molecule has 1 aliphatic rings. The van der Waals surface area contributed by atoms with Gasteiger partial charge in [0.1, 0.15) is 13.2 Å². The third-order valence-electron chi connectivity index (χ3n) is 2.65. The number of hydrogen-bond acceptors (Lipinski definition) is 6. The van der Waals surface area contributed by atoms with Gasteiger partial charge >= 0.3 is 5.97 Å². The summed E-state index contributed by atoms with van der Waals surface area (Å²) in [5, 5.41) is 10.8. The molecule has 0 radical (unpaired) electrons. The van der Waals surface area contributed by atoms with E-state index < -0.39 is 17.0 Å². The molecule has 0 aromatic heterocycles. The average molecular weight is 267 g/mol. The molecule has 1 heterocycles. The third-order valence-corrected chi connectivity index (χ3v) is 2.65. The molecule has 0 fully saturated rings. The van der Waals surface area contributed by atoms with Crippen LogP contribution in [0.4, 0.5) is 5.69 Å². The highest BCUT2D eigenvalue weighted by Gasteiger charge is 2.25. The van der Waals surface area contributed by atoms with E-state index in [9.17, 15) is 14.9 Å². The van der Waals surface area contributed by atoms with Crippen LogP contribution in [0.5, 0.6) is 11.5 Å². The summed E-state index contributed by atoms with van der Waals surface area (Å²) in [6.45, 7) is 3.20. The van der Waals surface area contributed by atoms with Gasteiger partial charge in [-0.05, 0) is 13.0 Å². The monoisotopic (exact) mass is 267 g/mol. The van der Waals surface area contributed by atoms with E-state index in [-0.39, 0.29) is 18.9 Å². The predicted octanol–water partition coefficient (Wildman–Crippen LogP) is 1.61. The first kappa shape index (κ1) is 13.1. The summed E-state index contributed by atoms with van der Waals surface area (Å²) in [7, 11) is 0. The largest absolute Gasteiger partial charge is 0.485 e. The number of ether oxygens (including phenoxy) is 3. The molecule has 0 aliphatic carbocycles. The Bertz CT molecular complexity index is 527. The van der Waals surface area contributed by atoms with Crippen LogP contribution in [0.3, 0.4) is 0 Å². The maximum atomic E-state index is 10.8. The van der Waals surface area contributed by atoms with E-state index in [4.69, 9.17) is 14.2 Å². The van der Waals surface area contributed by atoms with Gasteiger partial charge in [-0.25, -0.2) is 0 Å². The van der Waals surface area contributed by atoms with E-state index >= 15 is 0 Å². The Balaban J connectivity index is 2.15. The van der Waals surface area contributed by atoms with E-state index in [1.54, 1.807) is 13.0 Å². The Morgan fingerprint density at radius 2 is 2.26 bits per heavy atom. The number of esters is 1. The normalized spacial score (nSPS) is 16.8. The zero-order chi connectivity index (χ0) is 14.0. The lowest BCUT2D eigenvalue weighted by Crippen LogP contribution is -2.34. The summed E-state index contributed by atoms with van der Waals surface area (Å²) in [5.74, 6) is 0.358. The fourth-order valence-corrected chi connectivity index (χ4v) is 1.74. The first-order valence-electron chi connectivity index (χ1n) is 5.69. The molecule has 19 heavy (non-hydrogen) atoms. The molecule has 1 aliphatic heterocycles. The van der Waals surface area contributed by atoms with Crippen LogP contribution in [-0.2, 0) is 9.53 Å². The quantitative estimate of drug-likeness (QED) is 0.469. The van der Waals surface area contributed by atoms with Gasteiger partial charge in [0.2, 0.25) is 0 Å². The SMILES string of the molecule is CC(=O)OCC1COc2cc([N+](=O)[O-])c(C)cc2O1. The third kappa shape index (κ3) is 2.93. The number of hydrogen-bond donors (Lipinski definition) is 0. The smallest absolute Gasteiger partial charge is 0.302 e. The lowest BCUT2D eigenvalue weighted by atomic mass is 10.1. The number of fused-ring (bicyclic) bond motifs is 1. The van der Waals surface area contributed by atoms with Crippen molar-refractivity contribution in [1.82, 2.24) is 0 Å². The number of aryl methyl sites for hydroxylation is 1. The molecule has 102 valence electrons. The summed E-state index contributed by atoms with van der Waals surface area (Å²) < 4.78 is 15.8. The molecule has 0 amide bonds. The second-order valence-electron chi connectivity index (χ2n) is 4.20. The second kappa shape index (κ2) is 5.13. The number of nitro groups is 1. The summed E-state index contributed by atoms with van der Waals surface area (Å²) in [5.41, 5.74) is 0.473. The molecule has 1 unspecified atom stereocenters. The van der Waals surface area contributed by atoms with E-state index in [1.807, 2.05) is 0 Å². The van der Waals surface area contributed by atoms with Crippen LogP contribution >= 0.6 is 0 Å². The zero-order valence-corrected chi connectivity index (χ0v) is 10.5. The van der Waals surface area contributed by atoms with Gasteiger partial charge in [0.25, 0.3) is 5.69 Å². The Labute approximate surface area is 109 Å². The maximum Gasteiger partial charge on any atom is 0.302 e. The van der Waals surface area contributed by atoms with Crippen molar-refractivity contribution < 1.29 is 23.9 Å². The van der Waals surface area contributed by atoms with Gasteiger partial charge in [0.15, 0.2) is 17.6 Å². The Morgan fingerprint density at radius 1 is 1.53 bits per heavy atom. The molecule has 7 heteroatoms. The van der Waals surface area contributed by atoms with E-state index in [0.717, 1.165) is 0 Å². The van der Waals surface area contributed by atoms with Gasteiger partial charge in [-0.1, -0.05) is 0 Å². The predicted molar refractivity (Wildman–Crippen MR) is 64.4 cm³/mol. The van der Waals surface area contributed by atoms with Crippen molar-refractivity contribution in [2.75, 3.05) is 13.2 Å². The molecule has 0 N–H and O–H groups in total. The fraction of sp³-hybridized carbons (Fsp3) is 0.417. The van der Waals surface area contributed by atoms with Crippen LogP contribution in [0.1, 0.15) is 12.5 Å². The standard InChI is InChI=1S/C12H13NO6/c1-7-3-12-11(4-10(7)13(15)16)18-6-9(19-12)5-17-8(2)14/h3-4,9H,5-6H2,1-2H3. The number of carbonyl (C=O) groups is 1. The molecule has 0 saturated carbocycles. The lowest BCUT2D eigenvalue weighted by molar-refractivity contribution is -0.385. The van der Waals surface area contributed by atoms with E-state index in [1.165, 1.54) is 13.0 Å². The van der Waals surface area contributed by atoms with E-state index in [0.29, 0.717) is 17.1 Å². The summed E-state index contributed by atoms with van der Waals surface area (Å²) in [6, 6.07) is 2.89. The molecule has 0 saturated heterocycles. The second-order valence-corrected chi connectivity index (χ2v) is 4.20. The van der Waals surface area contributed by atoms with Crippen LogP contribution < -0.4 is 9.47 Å². The Kier molecular flexibility index (Phi) is 3.55. The van der Waals surface area contributed by atoms with Crippen LogP contribution in [0.25, 0.3) is 0 Å². The molecule has 0 bridgehead atoms. The van der Waals surface area contributed by atoms with Crippen molar-refractivity contribution in [3.05, 3.63) is 27.8 Å². The lowest BCUT2D eigenvalue weighted by Gasteiger charge is -2.26. The number of benzene rings is 1. The van der Waals surface area contributed by atoms with Crippen LogP contribution in [-0.4, -0.2) is 30.2 Å². The highest BCUT2D eigenvalue weighted by molar-refractivity contribution is 5.65. The highest BCUT2D eigenvalue weighted by Crippen LogP contribution is 2.37. The minimum Gasteiger partial charge on any atom is -0.485 e. The van der Waals surface area contributed by atoms with Crippen LogP contribution in [0.15, 0.2) is 12.1 Å². The van der Waals surface area contributed by atoms with Gasteiger partial charge in [-0.3, -0.25) is 14.9 Å². The fourth-order valence-electron chi connectivity index (χ4n) is 1.74. The molecule has 1 aromatic carbocycles. The van der Waals surface area contributed by atoms with Crippen molar-refractivity contribution in [3.63, 3.8) is 0 Å². The van der Waals surface area contributed by atoms with Crippen molar-refractivity contribution in [2.24, 2.45) is 0 Å². The van der Waals surface area contributed by atoms with E-state index in [2.05, 4.69) is 0 Å². The number of nitro benzene ring substituents is 1. The Hall–Kier alpha value is -2.31. The van der Waals surface area contributed by atoms with Crippen LogP contribution in [0, 0.1) is 17.0 Å². The van der Waals surface area contributed by atoms with Gasteiger partial charge < -0.3 is 14.2 Å². The van der Waals surface area contributed by atoms with Crippen molar-refractivity contribution in [2.45, 2.75) is 20.0 Å². The molecular weight excluding hydrogens is 254 g/mol. The highest BCUT2D eigenvalue weighted by atomic mass is 16.6. The summed E-state index contributed by atoms with van der Waals surface area (Å²) in [4.78, 5) is 21.0. The molecule has 7 nitrogen and oxygen atoms in total. The van der Waals surface area contributed by atoms with Gasteiger partial charge in [0.05, 0.1) is 11.0 Å². The number of nitrogens with zero attached hydrogens (tertiary/aromatic N) is 1. The minimum atomic E-state index is -0.468. The molecule has 2 rings (SSSR count). The summed E-state index contributed by atoms with van der Waals surface area (Å²) in [6.07, 6.45) is -0.405. The zero-order valence-electron chi connectivity index (χ0n) is 10.5. The van der Waals surface area contributed by atoms with Gasteiger partial charge in [0, 0.05) is 12.5 Å². The minimum absolute atomic E-state index is 0.0132. The topological polar surface area (TPSA) is 87.9 Å². The molecular formula is C12H13NO6. The van der Waals surface area contributed by atoms with Crippen molar-refractivity contribution in [1.29, 1.82) is 0 Å². The molecule has 1 atom stereocenters. The van der Waals surface area contributed by atoms with Gasteiger partial charge in [-0.2, -0.15) is 0 Å². The maximum absolute atomic E-state index is 10.8. The molecule has 1 aromatic rings. The Morgan fingerprint density at radius 3 is 2.89 bits per heavy atom. The summed E-state index contributed by atoms with van der Waals surface area (Å²) >= 11 is 0. The van der Waals surface area contributed by atoms with Crippen molar-refractivity contribution in [3.8, 4) is 11.5 Å². The van der Waals surface area contributed by atoms with Gasteiger partial charge in [-0.15, -0.1) is 0 Å².